The summed E-state index contributed by atoms with van der Waals surface area (Å²) in [6, 6.07) is 12.2. The lowest BCUT2D eigenvalue weighted by Crippen LogP contribution is -3.10. The molecule has 2 aromatic carbocycles. The van der Waals surface area contributed by atoms with Crippen LogP contribution >= 0.6 is 0 Å². The molecule has 8 nitrogen and oxygen atoms in total. The molecule has 0 aliphatic carbocycles. The van der Waals surface area contributed by atoms with Crippen molar-refractivity contribution in [3.05, 3.63) is 58.9 Å². The summed E-state index contributed by atoms with van der Waals surface area (Å²) in [6.45, 7) is 1.81. The van der Waals surface area contributed by atoms with Crippen molar-refractivity contribution in [1.82, 2.24) is 20.2 Å². The third-order valence-corrected chi connectivity index (χ3v) is 5.51. The number of nitrogens with zero attached hydrogens (tertiary/aromatic N) is 4. The number of methoxy groups -OCH3 is 1. The van der Waals surface area contributed by atoms with Gasteiger partial charge in [0.25, 0.3) is 0 Å². The first kappa shape index (κ1) is 17.0. The van der Waals surface area contributed by atoms with Crippen LogP contribution in [0.1, 0.15) is 28.6 Å². The molecule has 0 saturated carbocycles. The molecule has 2 atom stereocenters. The van der Waals surface area contributed by atoms with E-state index in [2.05, 4.69) is 40.8 Å². The van der Waals surface area contributed by atoms with E-state index in [9.17, 15) is 0 Å². The van der Waals surface area contributed by atoms with Crippen molar-refractivity contribution in [1.29, 1.82) is 0 Å². The molecular formula is C20H22N5O3+. The van der Waals surface area contributed by atoms with E-state index in [1.54, 1.807) is 7.11 Å². The number of hydrogen-bond acceptors (Lipinski definition) is 6. The van der Waals surface area contributed by atoms with Crippen molar-refractivity contribution >= 4 is 0 Å². The van der Waals surface area contributed by atoms with Crippen molar-refractivity contribution < 1.29 is 19.1 Å². The first-order valence-corrected chi connectivity index (χ1v) is 9.38. The lowest BCUT2D eigenvalue weighted by Gasteiger charge is -2.32. The van der Waals surface area contributed by atoms with Crippen molar-refractivity contribution in [2.24, 2.45) is 0 Å². The second-order valence-corrected chi connectivity index (χ2v) is 7.18. The fourth-order valence-corrected chi connectivity index (χ4v) is 4.16. The minimum absolute atomic E-state index is 0.0492. The molecule has 1 N–H and O–H groups in total. The van der Waals surface area contributed by atoms with Crippen molar-refractivity contribution in [2.45, 2.75) is 19.0 Å². The van der Waals surface area contributed by atoms with E-state index in [1.165, 1.54) is 10.5 Å². The molecule has 144 valence electrons. The fraction of sp³-hybridized carbons (Fsp3) is 0.350. The van der Waals surface area contributed by atoms with Gasteiger partial charge >= 0.3 is 0 Å². The Morgan fingerprint density at radius 1 is 1.25 bits per heavy atom. The summed E-state index contributed by atoms with van der Waals surface area (Å²) in [5.41, 5.74) is 3.44. The highest BCUT2D eigenvalue weighted by molar-refractivity contribution is 5.62. The molecule has 5 rings (SSSR count). The lowest BCUT2D eigenvalue weighted by atomic mass is 9.90. The van der Waals surface area contributed by atoms with Crippen LogP contribution in [0.2, 0.25) is 0 Å². The van der Waals surface area contributed by atoms with Gasteiger partial charge in [-0.2, -0.15) is 0 Å². The van der Waals surface area contributed by atoms with Gasteiger partial charge in [0.1, 0.15) is 0 Å². The predicted molar refractivity (Wildman–Crippen MR) is 99.8 cm³/mol. The number of fused-ring (bicyclic) bond motifs is 2. The van der Waals surface area contributed by atoms with Gasteiger partial charge in [-0.05, 0) is 27.6 Å². The summed E-state index contributed by atoms with van der Waals surface area (Å²) >= 11 is 0. The number of nitrogens with one attached hydrogen (secondary N) is 1. The zero-order valence-electron chi connectivity index (χ0n) is 15.9. The van der Waals surface area contributed by atoms with Gasteiger partial charge in [-0.3, -0.25) is 0 Å². The van der Waals surface area contributed by atoms with Gasteiger partial charge in [0.15, 0.2) is 17.5 Å². The van der Waals surface area contributed by atoms with E-state index in [-0.39, 0.29) is 12.8 Å². The molecule has 1 unspecified atom stereocenters. The Morgan fingerprint density at radius 2 is 2.11 bits per heavy atom. The molecule has 8 heteroatoms. The minimum atomic E-state index is -0.0492. The van der Waals surface area contributed by atoms with Crippen LogP contribution in [-0.4, -0.2) is 47.7 Å². The van der Waals surface area contributed by atoms with Crippen molar-refractivity contribution in [3.63, 3.8) is 0 Å². The summed E-state index contributed by atoms with van der Waals surface area (Å²) in [5.74, 6) is 2.96. The summed E-state index contributed by atoms with van der Waals surface area (Å²) in [6.07, 6.45) is 0.935. The first-order valence-electron chi connectivity index (χ1n) is 9.38. The van der Waals surface area contributed by atoms with Gasteiger partial charge in [-0.25, -0.2) is 4.68 Å². The molecule has 0 spiro atoms. The summed E-state index contributed by atoms with van der Waals surface area (Å²) in [5, 5.41) is 12.7. The van der Waals surface area contributed by atoms with Crippen molar-refractivity contribution in [2.75, 3.05) is 27.5 Å². The third-order valence-electron chi connectivity index (χ3n) is 5.51. The van der Waals surface area contributed by atoms with Gasteiger partial charge in [0.2, 0.25) is 18.4 Å². The summed E-state index contributed by atoms with van der Waals surface area (Å²) in [7, 11) is 3.84. The van der Waals surface area contributed by atoms with Gasteiger partial charge in [-0.1, -0.05) is 30.3 Å². The largest absolute Gasteiger partial charge is 0.492 e. The number of rotatable bonds is 4. The average Bonchev–Trinajstić information content (AvgIpc) is 3.36. The van der Waals surface area contributed by atoms with Gasteiger partial charge < -0.3 is 19.1 Å². The third kappa shape index (κ3) is 2.68. The normalized spacial score (nSPS) is 20.1. The van der Waals surface area contributed by atoms with Crippen LogP contribution in [-0.2, 0) is 13.0 Å². The van der Waals surface area contributed by atoms with Crippen LogP contribution in [0, 0.1) is 0 Å². The van der Waals surface area contributed by atoms with Crippen LogP contribution in [0.4, 0.5) is 0 Å². The first-order chi connectivity index (χ1) is 13.8. The van der Waals surface area contributed by atoms with E-state index in [0.717, 1.165) is 41.4 Å². The molecule has 0 fully saturated rings. The number of quaternary nitrogens is 1. The molecule has 3 aromatic rings. The highest BCUT2D eigenvalue weighted by atomic mass is 16.7. The van der Waals surface area contributed by atoms with Gasteiger partial charge in [0.05, 0.1) is 32.8 Å². The van der Waals surface area contributed by atoms with Crippen LogP contribution in [0.25, 0.3) is 0 Å². The maximum Gasteiger partial charge on any atom is 0.231 e. The highest BCUT2D eigenvalue weighted by Crippen LogP contribution is 2.48. The highest BCUT2D eigenvalue weighted by Gasteiger charge is 2.40. The maximum absolute atomic E-state index is 5.79. The molecule has 0 amide bonds. The number of ether oxygens (including phenoxy) is 3. The molecule has 3 heterocycles. The van der Waals surface area contributed by atoms with Gasteiger partial charge in [0, 0.05) is 6.42 Å². The van der Waals surface area contributed by atoms with Crippen LogP contribution in [0.15, 0.2) is 36.4 Å². The second-order valence-electron chi connectivity index (χ2n) is 7.18. The lowest BCUT2D eigenvalue weighted by molar-refractivity contribution is -0.909. The zero-order chi connectivity index (χ0) is 19.1. The van der Waals surface area contributed by atoms with Gasteiger partial charge in [-0.15, -0.1) is 5.10 Å². The monoisotopic (exact) mass is 380 g/mol. The Balaban J connectivity index is 1.62. The Morgan fingerprint density at radius 3 is 2.93 bits per heavy atom. The second kappa shape index (κ2) is 6.79. The molecule has 0 bridgehead atoms. The number of tetrazole rings is 1. The molecule has 2 aliphatic rings. The Bertz CT molecular complexity index is 1000. The topological polar surface area (TPSA) is 75.7 Å². The van der Waals surface area contributed by atoms with Crippen molar-refractivity contribution in [3.8, 4) is 17.2 Å². The molecule has 0 radical (unpaired) electrons. The number of aromatic nitrogens is 4. The average molecular weight is 380 g/mol. The number of benzene rings is 2. The van der Waals surface area contributed by atoms with E-state index in [4.69, 9.17) is 14.2 Å². The molecule has 1 aromatic heterocycles. The van der Waals surface area contributed by atoms with Crippen LogP contribution in [0.3, 0.4) is 0 Å². The number of hydrogen-bond donors (Lipinski definition) is 1. The molecular weight excluding hydrogens is 358 g/mol. The SMILES string of the molecule is COc1c2c(cc3c1[C@@H](c1nnnn1Cc1ccccc1)[NH+](C)CC3)OCO2. The minimum Gasteiger partial charge on any atom is -0.492 e. The predicted octanol–water partition coefficient (Wildman–Crippen LogP) is 0.619. The van der Waals surface area contributed by atoms with E-state index >= 15 is 0 Å². The smallest absolute Gasteiger partial charge is 0.231 e. The summed E-state index contributed by atoms with van der Waals surface area (Å²) < 4.78 is 19.0. The Kier molecular flexibility index (Phi) is 4.12. The standard InChI is InChI=1S/C20H21N5O3/c1-24-9-8-14-10-15-18(28-12-27-15)19(26-2)16(14)17(24)20-21-22-23-25(20)11-13-6-4-3-5-7-13/h3-7,10,17H,8-9,11-12H2,1-2H3/p+1/t17-/m0/s1. The van der Waals surface area contributed by atoms with E-state index < -0.39 is 0 Å². The summed E-state index contributed by atoms with van der Waals surface area (Å²) in [4.78, 5) is 1.31. The fourth-order valence-electron chi connectivity index (χ4n) is 4.16. The molecule has 28 heavy (non-hydrogen) atoms. The Hall–Kier alpha value is -3.13. The Labute approximate surface area is 162 Å². The van der Waals surface area contributed by atoms with E-state index in [1.807, 2.05) is 22.9 Å². The van der Waals surface area contributed by atoms with Crippen LogP contribution < -0.4 is 19.1 Å². The zero-order valence-corrected chi connectivity index (χ0v) is 15.9. The number of likely N-dealkylation sites (N-methyl/N-ethyl adjacent to an activating group) is 1. The van der Waals surface area contributed by atoms with Crippen LogP contribution in [0.5, 0.6) is 17.2 Å². The van der Waals surface area contributed by atoms with E-state index in [0.29, 0.717) is 12.3 Å². The quantitative estimate of drug-likeness (QED) is 0.715. The maximum atomic E-state index is 5.79. The molecule has 2 aliphatic heterocycles. The molecule has 0 saturated heterocycles.